The Morgan fingerprint density at radius 2 is 1.83 bits per heavy atom. The van der Waals surface area contributed by atoms with E-state index >= 15 is 0 Å². The van der Waals surface area contributed by atoms with Gasteiger partial charge in [-0.3, -0.25) is 4.79 Å². The molecule has 0 radical (unpaired) electrons. The number of methoxy groups -OCH3 is 1. The molecule has 0 aromatic heterocycles. The summed E-state index contributed by atoms with van der Waals surface area (Å²) in [6.45, 7) is 2.32. The molecule has 0 aliphatic carbocycles. The first kappa shape index (κ1) is 17.5. The summed E-state index contributed by atoms with van der Waals surface area (Å²) >= 11 is 0. The average molecular weight is 327 g/mol. The standard InChI is InChI=1S/C19H21NO4/c1-3-11-24-19(22)15-5-4-6-16(13-15)20-18(21)12-14-7-9-17(23-2)10-8-14/h4-10,13H,3,11-12H2,1-2H3,(H,20,21). The SMILES string of the molecule is CCCOC(=O)c1cccc(NC(=O)Cc2ccc(OC)cc2)c1. The van der Waals surface area contributed by atoms with Crippen molar-refractivity contribution in [3.63, 3.8) is 0 Å². The van der Waals surface area contributed by atoms with Gasteiger partial charge in [-0.25, -0.2) is 4.79 Å². The first-order chi connectivity index (χ1) is 11.6. The van der Waals surface area contributed by atoms with Crippen molar-refractivity contribution in [2.45, 2.75) is 19.8 Å². The lowest BCUT2D eigenvalue weighted by atomic mass is 10.1. The Balaban J connectivity index is 1.96. The molecule has 0 unspecified atom stereocenters. The van der Waals surface area contributed by atoms with Gasteiger partial charge < -0.3 is 14.8 Å². The maximum atomic E-state index is 12.1. The van der Waals surface area contributed by atoms with Crippen LogP contribution in [0.2, 0.25) is 0 Å². The highest BCUT2D eigenvalue weighted by atomic mass is 16.5. The number of ether oxygens (including phenoxy) is 2. The zero-order valence-electron chi connectivity index (χ0n) is 13.9. The number of hydrogen-bond donors (Lipinski definition) is 1. The van der Waals surface area contributed by atoms with Gasteiger partial charge in [0.2, 0.25) is 5.91 Å². The normalized spacial score (nSPS) is 10.1. The van der Waals surface area contributed by atoms with Crippen LogP contribution in [0.1, 0.15) is 29.3 Å². The van der Waals surface area contributed by atoms with E-state index in [-0.39, 0.29) is 18.3 Å². The monoisotopic (exact) mass is 327 g/mol. The van der Waals surface area contributed by atoms with Crippen molar-refractivity contribution in [3.8, 4) is 5.75 Å². The maximum Gasteiger partial charge on any atom is 0.338 e. The van der Waals surface area contributed by atoms with Crippen molar-refractivity contribution in [1.29, 1.82) is 0 Å². The minimum Gasteiger partial charge on any atom is -0.497 e. The lowest BCUT2D eigenvalue weighted by Crippen LogP contribution is -2.15. The molecule has 0 aliphatic rings. The smallest absolute Gasteiger partial charge is 0.338 e. The Kier molecular flexibility index (Phi) is 6.37. The van der Waals surface area contributed by atoms with E-state index in [1.54, 1.807) is 31.4 Å². The summed E-state index contributed by atoms with van der Waals surface area (Å²) < 4.78 is 10.2. The quantitative estimate of drug-likeness (QED) is 0.791. The molecule has 24 heavy (non-hydrogen) atoms. The van der Waals surface area contributed by atoms with Crippen molar-refractivity contribution in [2.75, 3.05) is 19.0 Å². The van der Waals surface area contributed by atoms with E-state index in [9.17, 15) is 9.59 Å². The molecule has 0 atom stereocenters. The van der Waals surface area contributed by atoms with Crippen LogP contribution in [0.3, 0.4) is 0 Å². The number of anilines is 1. The van der Waals surface area contributed by atoms with Crippen LogP contribution >= 0.6 is 0 Å². The molecule has 5 heteroatoms. The number of nitrogens with one attached hydrogen (secondary N) is 1. The van der Waals surface area contributed by atoms with Crippen LogP contribution in [0.5, 0.6) is 5.75 Å². The van der Waals surface area contributed by atoms with Gasteiger partial charge in [0, 0.05) is 5.69 Å². The average Bonchev–Trinajstić information content (AvgIpc) is 2.60. The molecule has 2 rings (SSSR count). The molecule has 0 saturated carbocycles. The molecule has 2 aromatic rings. The third kappa shape index (κ3) is 5.12. The predicted molar refractivity (Wildman–Crippen MR) is 92.3 cm³/mol. The molecule has 1 amide bonds. The van der Waals surface area contributed by atoms with Crippen LogP contribution in [-0.2, 0) is 16.0 Å². The molecular weight excluding hydrogens is 306 g/mol. The van der Waals surface area contributed by atoms with E-state index in [0.717, 1.165) is 17.7 Å². The van der Waals surface area contributed by atoms with Crippen molar-refractivity contribution in [2.24, 2.45) is 0 Å². The van der Waals surface area contributed by atoms with Gasteiger partial charge in [0.25, 0.3) is 0 Å². The topological polar surface area (TPSA) is 64.6 Å². The number of rotatable bonds is 7. The second-order valence-corrected chi connectivity index (χ2v) is 5.29. The molecule has 0 heterocycles. The highest BCUT2D eigenvalue weighted by molar-refractivity contribution is 5.95. The van der Waals surface area contributed by atoms with E-state index in [1.807, 2.05) is 31.2 Å². The van der Waals surface area contributed by atoms with Crippen LogP contribution in [-0.4, -0.2) is 25.6 Å². The van der Waals surface area contributed by atoms with Gasteiger partial charge in [-0.1, -0.05) is 25.1 Å². The maximum absolute atomic E-state index is 12.1. The van der Waals surface area contributed by atoms with Crippen LogP contribution in [0.15, 0.2) is 48.5 Å². The molecule has 0 aliphatic heterocycles. The zero-order chi connectivity index (χ0) is 17.4. The second kappa shape index (κ2) is 8.72. The molecule has 126 valence electrons. The minimum absolute atomic E-state index is 0.153. The van der Waals surface area contributed by atoms with Crippen LogP contribution in [0.4, 0.5) is 5.69 Å². The van der Waals surface area contributed by atoms with Crippen molar-refractivity contribution in [1.82, 2.24) is 0 Å². The zero-order valence-corrected chi connectivity index (χ0v) is 13.9. The van der Waals surface area contributed by atoms with Gasteiger partial charge in [0.1, 0.15) is 5.75 Å². The van der Waals surface area contributed by atoms with Crippen LogP contribution in [0, 0.1) is 0 Å². The number of carbonyl (C=O) groups is 2. The molecular formula is C19H21NO4. The van der Waals surface area contributed by atoms with E-state index in [1.165, 1.54) is 0 Å². The van der Waals surface area contributed by atoms with Gasteiger partial charge in [-0.15, -0.1) is 0 Å². The predicted octanol–water partition coefficient (Wildman–Crippen LogP) is 3.44. The fraction of sp³-hybridized carbons (Fsp3) is 0.263. The third-order valence-electron chi connectivity index (χ3n) is 3.34. The number of hydrogen-bond acceptors (Lipinski definition) is 4. The lowest BCUT2D eigenvalue weighted by molar-refractivity contribution is -0.115. The molecule has 5 nitrogen and oxygen atoms in total. The Morgan fingerprint density at radius 1 is 1.08 bits per heavy atom. The van der Waals surface area contributed by atoms with Crippen LogP contribution in [0.25, 0.3) is 0 Å². The van der Waals surface area contributed by atoms with Gasteiger partial charge in [-0.05, 0) is 42.3 Å². The van der Waals surface area contributed by atoms with Crippen LogP contribution < -0.4 is 10.1 Å². The largest absolute Gasteiger partial charge is 0.497 e. The summed E-state index contributed by atoms with van der Waals surface area (Å²) in [5, 5.41) is 2.79. The first-order valence-electron chi connectivity index (χ1n) is 7.82. The Morgan fingerprint density at radius 3 is 2.50 bits per heavy atom. The summed E-state index contributed by atoms with van der Waals surface area (Å²) in [6, 6.07) is 14.0. The summed E-state index contributed by atoms with van der Waals surface area (Å²) in [5.41, 5.74) is 1.87. The summed E-state index contributed by atoms with van der Waals surface area (Å²) in [6.07, 6.45) is 1.01. The van der Waals surface area contributed by atoms with E-state index < -0.39 is 0 Å². The Bertz CT molecular complexity index is 695. The molecule has 0 fully saturated rings. The molecule has 0 bridgehead atoms. The van der Waals surface area contributed by atoms with Crippen molar-refractivity contribution in [3.05, 3.63) is 59.7 Å². The van der Waals surface area contributed by atoms with Gasteiger partial charge in [0.15, 0.2) is 0 Å². The molecule has 0 saturated heterocycles. The van der Waals surface area contributed by atoms with E-state index in [4.69, 9.17) is 9.47 Å². The van der Waals surface area contributed by atoms with Gasteiger partial charge >= 0.3 is 5.97 Å². The third-order valence-corrected chi connectivity index (χ3v) is 3.34. The number of amides is 1. The number of esters is 1. The Labute approximate surface area is 141 Å². The molecule has 2 aromatic carbocycles. The van der Waals surface area contributed by atoms with Crippen molar-refractivity contribution >= 4 is 17.6 Å². The fourth-order valence-electron chi connectivity index (χ4n) is 2.14. The number of benzene rings is 2. The number of carbonyl (C=O) groups excluding carboxylic acids is 2. The molecule has 0 spiro atoms. The summed E-state index contributed by atoms with van der Waals surface area (Å²) in [7, 11) is 1.60. The van der Waals surface area contributed by atoms with E-state index in [0.29, 0.717) is 17.9 Å². The van der Waals surface area contributed by atoms with Crippen molar-refractivity contribution < 1.29 is 19.1 Å². The van der Waals surface area contributed by atoms with Gasteiger partial charge in [0.05, 0.1) is 25.7 Å². The highest BCUT2D eigenvalue weighted by Gasteiger charge is 2.09. The fourth-order valence-corrected chi connectivity index (χ4v) is 2.14. The highest BCUT2D eigenvalue weighted by Crippen LogP contribution is 2.14. The summed E-state index contributed by atoms with van der Waals surface area (Å²) in [4.78, 5) is 24.0. The summed E-state index contributed by atoms with van der Waals surface area (Å²) in [5.74, 6) is 0.208. The first-order valence-corrected chi connectivity index (χ1v) is 7.82. The Hall–Kier alpha value is -2.82. The van der Waals surface area contributed by atoms with Gasteiger partial charge in [-0.2, -0.15) is 0 Å². The second-order valence-electron chi connectivity index (χ2n) is 5.29. The molecule has 1 N–H and O–H groups in total. The minimum atomic E-state index is -0.386. The van der Waals surface area contributed by atoms with E-state index in [2.05, 4.69) is 5.32 Å². The lowest BCUT2D eigenvalue weighted by Gasteiger charge is -2.08.